The van der Waals surface area contributed by atoms with Gasteiger partial charge in [0.05, 0.1) is 5.56 Å². The molecule has 4 rings (SSSR count). The zero-order valence-corrected chi connectivity index (χ0v) is 14.9. The summed E-state index contributed by atoms with van der Waals surface area (Å²) < 4.78 is 11.1. The number of amides is 1. The molecule has 0 saturated carbocycles. The fourth-order valence-electron chi connectivity index (χ4n) is 2.63. The summed E-state index contributed by atoms with van der Waals surface area (Å²) in [7, 11) is 0. The monoisotopic (exact) mass is 409 g/mol. The quantitative estimate of drug-likeness (QED) is 0.479. The van der Waals surface area contributed by atoms with Crippen LogP contribution >= 0.6 is 15.9 Å². The summed E-state index contributed by atoms with van der Waals surface area (Å²) in [5.41, 5.74) is 1.92. The highest BCUT2D eigenvalue weighted by molar-refractivity contribution is 9.10. The zero-order chi connectivity index (χ0) is 18.1. The van der Waals surface area contributed by atoms with Gasteiger partial charge in [-0.3, -0.25) is 4.79 Å². The summed E-state index contributed by atoms with van der Waals surface area (Å²) in [6.45, 7) is 0. The molecule has 128 valence electrons. The fraction of sp³-hybridized carbons (Fsp3) is 0. The minimum atomic E-state index is -0.402. The first kappa shape index (κ1) is 16.4. The molecule has 0 atom stereocenters. The first-order valence-electron chi connectivity index (χ1n) is 7.80. The predicted molar refractivity (Wildman–Crippen MR) is 102 cm³/mol. The third-order valence-corrected chi connectivity index (χ3v) is 4.32. The van der Waals surface area contributed by atoms with E-state index in [2.05, 4.69) is 21.2 Å². The third-order valence-electron chi connectivity index (χ3n) is 3.89. The normalized spacial score (nSPS) is 10.8. The number of furan rings is 1. The first-order chi connectivity index (χ1) is 12.6. The lowest BCUT2D eigenvalue weighted by molar-refractivity contribution is 0.0995. The number of nitrogens with one attached hydrogen (secondary N) is 1. The summed E-state index contributed by atoms with van der Waals surface area (Å²) in [5, 5.41) is 3.59. The number of rotatable bonds is 3. The van der Waals surface area contributed by atoms with Crippen molar-refractivity contribution in [1.29, 1.82) is 0 Å². The van der Waals surface area contributed by atoms with Crippen molar-refractivity contribution in [3.05, 3.63) is 87.6 Å². The Morgan fingerprint density at radius 3 is 2.42 bits per heavy atom. The van der Waals surface area contributed by atoms with E-state index in [4.69, 9.17) is 8.83 Å². The molecule has 0 aliphatic heterocycles. The fourth-order valence-corrected chi connectivity index (χ4v) is 2.93. The summed E-state index contributed by atoms with van der Waals surface area (Å²) in [6, 6.07) is 19.3. The number of halogens is 1. The van der Waals surface area contributed by atoms with E-state index in [1.807, 2.05) is 18.2 Å². The molecule has 0 radical (unpaired) electrons. The number of fused-ring (bicyclic) bond motifs is 1. The first-order valence-corrected chi connectivity index (χ1v) is 8.59. The molecule has 2 aromatic heterocycles. The number of anilines is 1. The maximum atomic E-state index is 12.2. The Kier molecular flexibility index (Phi) is 4.18. The van der Waals surface area contributed by atoms with Crippen LogP contribution in [0.15, 0.2) is 85.0 Å². The second-order valence-corrected chi connectivity index (χ2v) is 6.40. The molecule has 0 bridgehead atoms. The van der Waals surface area contributed by atoms with E-state index < -0.39 is 5.63 Å². The molecular formula is C20H12BrNO4. The van der Waals surface area contributed by atoms with Gasteiger partial charge < -0.3 is 14.2 Å². The molecule has 0 saturated heterocycles. The molecule has 0 spiro atoms. The molecule has 1 amide bonds. The van der Waals surface area contributed by atoms with Gasteiger partial charge in [-0.2, -0.15) is 0 Å². The lowest BCUT2D eigenvalue weighted by Gasteiger charge is -2.06. The molecule has 0 unspecified atom stereocenters. The van der Waals surface area contributed by atoms with Gasteiger partial charge in [0.15, 0.2) is 10.4 Å². The van der Waals surface area contributed by atoms with Gasteiger partial charge in [0.25, 0.3) is 5.91 Å². The van der Waals surface area contributed by atoms with Gasteiger partial charge in [0.2, 0.25) is 0 Å². The Bertz CT molecular complexity index is 1160. The van der Waals surface area contributed by atoms with E-state index in [0.29, 0.717) is 27.1 Å². The van der Waals surface area contributed by atoms with Gasteiger partial charge in [-0.15, -0.1) is 0 Å². The van der Waals surface area contributed by atoms with E-state index in [1.54, 1.807) is 48.5 Å². The van der Waals surface area contributed by atoms with Crippen molar-refractivity contribution >= 4 is 38.5 Å². The molecule has 4 aromatic rings. The number of carbonyl (C=O) groups excluding carboxylic acids is 1. The highest BCUT2D eigenvalue weighted by Crippen LogP contribution is 2.23. The van der Waals surface area contributed by atoms with Gasteiger partial charge in [-0.05, 0) is 57.9 Å². The average Bonchev–Trinajstić information content (AvgIpc) is 3.08. The molecule has 2 heterocycles. The maximum absolute atomic E-state index is 12.2. The number of hydrogen-bond donors (Lipinski definition) is 1. The van der Waals surface area contributed by atoms with Crippen molar-refractivity contribution < 1.29 is 13.6 Å². The molecule has 5 nitrogen and oxygen atoms in total. The van der Waals surface area contributed by atoms with Crippen molar-refractivity contribution in [3.8, 4) is 11.1 Å². The van der Waals surface area contributed by atoms with Crippen LogP contribution in [0.5, 0.6) is 0 Å². The van der Waals surface area contributed by atoms with Crippen LogP contribution in [0.1, 0.15) is 10.6 Å². The summed E-state index contributed by atoms with van der Waals surface area (Å²) >= 11 is 3.16. The lowest BCUT2D eigenvalue weighted by Crippen LogP contribution is -2.10. The maximum Gasteiger partial charge on any atom is 0.344 e. The van der Waals surface area contributed by atoms with Gasteiger partial charge in [0, 0.05) is 11.1 Å². The Morgan fingerprint density at radius 2 is 1.69 bits per heavy atom. The molecule has 6 heteroatoms. The highest BCUT2D eigenvalue weighted by Gasteiger charge is 2.12. The third kappa shape index (κ3) is 3.19. The molecule has 2 aromatic carbocycles. The van der Waals surface area contributed by atoms with Crippen molar-refractivity contribution in [2.24, 2.45) is 0 Å². The zero-order valence-electron chi connectivity index (χ0n) is 13.4. The highest BCUT2D eigenvalue weighted by atomic mass is 79.9. The Hall–Kier alpha value is -3.12. The van der Waals surface area contributed by atoms with E-state index in [9.17, 15) is 9.59 Å². The minimum Gasteiger partial charge on any atom is -0.444 e. The number of para-hydroxylation sites is 1. The topological polar surface area (TPSA) is 72.5 Å². The SMILES string of the molecule is O=C(Nc1ccc(-c2cc3ccccc3oc2=O)cc1)c1ccc(Br)o1. The van der Waals surface area contributed by atoms with Crippen LogP contribution < -0.4 is 10.9 Å². The molecular weight excluding hydrogens is 398 g/mol. The van der Waals surface area contributed by atoms with E-state index in [1.165, 1.54) is 0 Å². The van der Waals surface area contributed by atoms with Crippen LogP contribution in [0.3, 0.4) is 0 Å². The summed E-state index contributed by atoms with van der Waals surface area (Å²) in [6.07, 6.45) is 0. The standard InChI is InChI=1S/C20H12BrNO4/c21-18-10-9-17(25-18)19(23)22-14-7-5-12(6-8-14)15-11-13-3-1-2-4-16(13)26-20(15)24/h1-11H,(H,22,23). The Labute approximate surface area is 156 Å². The molecule has 1 N–H and O–H groups in total. The van der Waals surface area contributed by atoms with Crippen molar-refractivity contribution in [1.82, 2.24) is 0 Å². The van der Waals surface area contributed by atoms with E-state index in [0.717, 1.165) is 5.39 Å². The van der Waals surface area contributed by atoms with Crippen molar-refractivity contribution in [2.75, 3.05) is 5.32 Å². The van der Waals surface area contributed by atoms with Gasteiger partial charge in [0.1, 0.15) is 5.58 Å². The average molecular weight is 410 g/mol. The van der Waals surface area contributed by atoms with Crippen LogP contribution in [-0.2, 0) is 0 Å². The largest absolute Gasteiger partial charge is 0.444 e. The van der Waals surface area contributed by atoms with Gasteiger partial charge >= 0.3 is 5.63 Å². The smallest absolute Gasteiger partial charge is 0.344 e. The second kappa shape index (κ2) is 6.65. The van der Waals surface area contributed by atoms with Gasteiger partial charge in [-0.1, -0.05) is 30.3 Å². The Morgan fingerprint density at radius 1 is 0.923 bits per heavy atom. The number of carbonyl (C=O) groups is 1. The van der Waals surface area contributed by atoms with Crippen molar-refractivity contribution in [3.63, 3.8) is 0 Å². The molecule has 0 aliphatic rings. The predicted octanol–water partition coefficient (Wildman–Crippen LogP) is 5.07. The van der Waals surface area contributed by atoms with E-state index >= 15 is 0 Å². The summed E-state index contributed by atoms with van der Waals surface area (Å²) in [5.74, 6) is -0.148. The van der Waals surface area contributed by atoms with Crippen LogP contribution in [0.25, 0.3) is 22.1 Å². The van der Waals surface area contributed by atoms with Crippen LogP contribution in [0.2, 0.25) is 0 Å². The lowest BCUT2D eigenvalue weighted by atomic mass is 10.1. The summed E-state index contributed by atoms with van der Waals surface area (Å²) in [4.78, 5) is 24.3. The molecule has 0 aliphatic carbocycles. The van der Waals surface area contributed by atoms with Crippen LogP contribution in [-0.4, -0.2) is 5.91 Å². The van der Waals surface area contributed by atoms with Crippen LogP contribution in [0, 0.1) is 0 Å². The van der Waals surface area contributed by atoms with Crippen LogP contribution in [0.4, 0.5) is 5.69 Å². The Balaban J connectivity index is 1.61. The number of benzene rings is 2. The van der Waals surface area contributed by atoms with E-state index in [-0.39, 0.29) is 11.7 Å². The number of hydrogen-bond acceptors (Lipinski definition) is 4. The molecule has 26 heavy (non-hydrogen) atoms. The van der Waals surface area contributed by atoms with Crippen molar-refractivity contribution in [2.45, 2.75) is 0 Å². The minimum absolute atomic E-state index is 0.205. The van der Waals surface area contributed by atoms with Gasteiger partial charge in [-0.25, -0.2) is 4.79 Å². The second-order valence-electron chi connectivity index (χ2n) is 5.62. The molecule has 0 fully saturated rings.